The first kappa shape index (κ1) is 13.4. The molecule has 0 aromatic heterocycles. The van der Waals surface area contributed by atoms with E-state index in [1.165, 1.54) is 0 Å². The van der Waals surface area contributed by atoms with Gasteiger partial charge in [0.1, 0.15) is 0 Å². The molecule has 0 aliphatic heterocycles. The summed E-state index contributed by atoms with van der Waals surface area (Å²) in [7, 11) is 0. The lowest BCUT2D eigenvalue weighted by atomic mass is 9.82. The topological polar surface area (TPSA) is 52.3 Å². The highest BCUT2D eigenvalue weighted by Crippen LogP contribution is 2.28. The summed E-state index contributed by atoms with van der Waals surface area (Å²) < 4.78 is 5.02. The Morgan fingerprint density at radius 2 is 2.00 bits per heavy atom. The molecular weight excluding hydrogens is 178 g/mol. The largest absolute Gasteiger partial charge is 0.466 e. The third kappa shape index (κ3) is 4.09. The van der Waals surface area contributed by atoms with Crippen LogP contribution in [0.1, 0.15) is 40.5 Å². The van der Waals surface area contributed by atoms with Gasteiger partial charge in [0.15, 0.2) is 0 Å². The molecule has 0 fully saturated rings. The van der Waals surface area contributed by atoms with Crippen molar-refractivity contribution in [1.82, 2.24) is 0 Å². The summed E-state index contributed by atoms with van der Waals surface area (Å²) in [5, 5.41) is 0. The Labute approximate surface area is 87.0 Å². The summed E-state index contributed by atoms with van der Waals surface area (Å²) in [4.78, 5) is 11.6. The second-order valence-electron chi connectivity index (χ2n) is 4.32. The van der Waals surface area contributed by atoms with Crippen molar-refractivity contribution in [2.24, 2.45) is 17.1 Å². The normalized spacial score (nSPS) is 13.8. The first-order valence-corrected chi connectivity index (χ1v) is 5.35. The molecule has 1 unspecified atom stereocenters. The molecule has 0 amide bonds. The van der Waals surface area contributed by atoms with Crippen molar-refractivity contribution in [2.45, 2.75) is 40.5 Å². The molecule has 3 nitrogen and oxygen atoms in total. The first-order valence-electron chi connectivity index (χ1n) is 5.35. The standard InChI is InChI=1S/C11H23NO2/c1-5-9(8-12)7-11(3,4)10(13)14-6-2/h9H,5-8,12H2,1-4H3. The minimum Gasteiger partial charge on any atom is -0.466 e. The van der Waals surface area contributed by atoms with E-state index in [9.17, 15) is 4.79 Å². The van der Waals surface area contributed by atoms with Gasteiger partial charge in [0, 0.05) is 0 Å². The van der Waals surface area contributed by atoms with Gasteiger partial charge >= 0.3 is 5.97 Å². The van der Waals surface area contributed by atoms with Crippen LogP contribution in [0.25, 0.3) is 0 Å². The predicted octanol–water partition coefficient (Wildman–Crippen LogP) is 1.95. The molecule has 0 saturated heterocycles. The van der Waals surface area contributed by atoms with Crippen LogP contribution in [0.3, 0.4) is 0 Å². The number of carbonyl (C=O) groups excluding carboxylic acids is 1. The van der Waals surface area contributed by atoms with Crippen LogP contribution >= 0.6 is 0 Å². The molecule has 3 heteroatoms. The fourth-order valence-electron chi connectivity index (χ4n) is 1.53. The number of ether oxygens (including phenoxy) is 1. The lowest BCUT2D eigenvalue weighted by molar-refractivity contribution is -0.154. The third-order valence-corrected chi connectivity index (χ3v) is 2.54. The number of esters is 1. The average Bonchev–Trinajstić information content (AvgIpc) is 2.14. The molecular formula is C11H23NO2. The SMILES string of the molecule is CCOC(=O)C(C)(C)CC(CC)CN. The maximum absolute atomic E-state index is 11.6. The van der Waals surface area contributed by atoms with Crippen LogP contribution in [0, 0.1) is 11.3 Å². The van der Waals surface area contributed by atoms with Crippen LogP contribution < -0.4 is 5.73 Å². The van der Waals surface area contributed by atoms with Gasteiger partial charge < -0.3 is 10.5 Å². The fourth-order valence-corrected chi connectivity index (χ4v) is 1.53. The van der Waals surface area contributed by atoms with E-state index in [2.05, 4.69) is 6.92 Å². The van der Waals surface area contributed by atoms with Crippen molar-refractivity contribution in [3.05, 3.63) is 0 Å². The molecule has 0 saturated carbocycles. The highest BCUT2D eigenvalue weighted by atomic mass is 16.5. The summed E-state index contributed by atoms with van der Waals surface area (Å²) >= 11 is 0. The monoisotopic (exact) mass is 201 g/mol. The maximum atomic E-state index is 11.6. The fraction of sp³-hybridized carbons (Fsp3) is 0.909. The number of rotatable bonds is 6. The van der Waals surface area contributed by atoms with Gasteiger partial charge in [0.25, 0.3) is 0 Å². The number of carbonyl (C=O) groups is 1. The van der Waals surface area contributed by atoms with E-state index in [0.717, 1.165) is 12.8 Å². The van der Waals surface area contributed by atoms with Gasteiger partial charge in [-0.1, -0.05) is 13.3 Å². The summed E-state index contributed by atoms with van der Waals surface area (Å²) in [6, 6.07) is 0. The Morgan fingerprint density at radius 3 is 2.36 bits per heavy atom. The summed E-state index contributed by atoms with van der Waals surface area (Å²) in [6.07, 6.45) is 1.82. The Hall–Kier alpha value is -0.570. The molecule has 2 N–H and O–H groups in total. The Balaban J connectivity index is 4.23. The molecule has 0 aromatic rings. The van der Waals surface area contributed by atoms with Gasteiger partial charge in [-0.05, 0) is 39.7 Å². The highest BCUT2D eigenvalue weighted by molar-refractivity contribution is 5.75. The van der Waals surface area contributed by atoms with E-state index in [1.54, 1.807) is 0 Å². The Morgan fingerprint density at radius 1 is 1.43 bits per heavy atom. The molecule has 0 rings (SSSR count). The van der Waals surface area contributed by atoms with E-state index in [-0.39, 0.29) is 5.97 Å². The van der Waals surface area contributed by atoms with Crippen LogP contribution in [-0.2, 0) is 9.53 Å². The van der Waals surface area contributed by atoms with E-state index in [4.69, 9.17) is 10.5 Å². The van der Waals surface area contributed by atoms with Gasteiger partial charge in [0.05, 0.1) is 12.0 Å². The molecule has 0 radical (unpaired) electrons. The van der Waals surface area contributed by atoms with Crippen molar-refractivity contribution >= 4 is 5.97 Å². The second-order valence-corrected chi connectivity index (χ2v) is 4.32. The summed E-state index contributed by atoms with van der Waals surface area (Å²) in [5.74, 6) is 0.293. The molecule has 0 heterocycles. The van der Waals surface area contributed by atoms with E-state index in [0.29, 0.717) is 19.1 Å². The maximum Gasteiger partial charge on any atom is 0.311 e. The third-order valence-electron chi connectivity index (χ3n) is 2.54. The van der Waals surface area contributed by atoms with Crippen molar-refractivity contribution < 1.29 is 9.53 Å². The first-order chi connectivity index (χ1) is 6.47. The lowest BCUT2D eigenvalue weighted by Gasteiger charge is -2.26. The molecule has 0 aromatic carbocycles. The smallest absolute Gasteiger partial charge is 0.311 e. The van der Waals surface area contributed by atoms with Gasteiger partial charge in [-0.15, -0.1) is 0 Å². The number of nitrogens with two attached hydrogens (primary N) is 1. The van der Waals surface area contributed by atoms with Crippen LogP contribution in [0.2, 0.25) is 0 Å². The molecule has 0 spiro atoms. The van der Waals surface area contributed by atoms with Crippen LogP contribution in [0.5, 0.6) is 0 Å². The van der Waals surface area contributed by atoms with Crippen LogP contribution in [-0.4, -0.2) is 19.1 Å². The molecule has 84 valence electrons. The van der Waals surface area contributed by atoms with Crippen molar-refractivity contribution in [3.63, 3.8) is 0 Å². The van der Waals surface area contributed by atoms with E-state index >= 15 is 0 Å². The molecule has 0 bridgehead atoms. The Bertz CT molecular complexity index is 174. The zero-order valence-corrected chi connectivity index (χ0v) is 9.80. The summed E-state index contributed by atoms with van der Waals surface area (Å²) in [6.45, 7) is 8.85. The van der Waals surface area contributed by atoms with Gasteiger partial charge in [-0.2, -0.15) is 0 Å². The zero-order valence-electron chi connectivity index (χ0n) is 9.80. The number of hydrogen-bond donors (Lipinski definition) is 1. The molecule has 14 heavy (non-hydrogen) atoms. The quantitative estimate of drug-likeness (QED) is 0.668. The van der Waals surface area contributed by atoms with Gasteiger partial charge in [0.2, 0.25) is 0 Å². The minimum atomic E-state index is -0.407. The second kappa shape index (κ2) is 6.02. The van der Waals surface area contributed by atoms with Crippen LogP contribution in [0.4, 0.5) is 0 Å². The average molecular weight is 201 g/mol. The number of hydrogen-bond acceptors (Lipinski definition) is 3. The van der Waals surface area contributed by atoms with Gasteiger partial charge in [-0.3, -0.25) is 4.79 Å². The molecule has 1 atom stereocenters. The van der Waals surface area contributed by atoms with Crippen molar-refractivity contribution in [3.8, 4) is 0 Å². The summed E-state index contributed by atoms with van der Waals surface area (Å²) in [5.41, 5.74) is 5.21. The Kier molecular flexibility index (Phi) is 5.77. The molecule has 0 aliphatic rings. The predicted molar refractivity (Wildman–Crippen MR) is 57.9 cm³/mol. The van der Waals surface area contributed by atoms with Crippen LogP contribution in [0.15, 0.2) is 0 Å². The van der Waals surface area contributed by atoms with Crippen molar-refractivity contribution in [1.29, 1.82) is 0 Å². The highest BCUT2D eigenvalue weighted by Gasteiger charge is 2.31. The van der Waals surface area contributed by atoms with Gasteiger partial charge in [-0.25, -0.2) is 0 Å². The zero-order chi connectivity index (χ0) is 11.2. The lowest BCUT2D eigenvalue weighted by Crippen LogP contribution is -2.31. The van der Waals surface area contributed by atoms with Crippen molar-refractivity contribution in [2.75, 3.05) is 13.2 Å². The van der Waals surface area contributed by atoms with E-state index < -0.39 is 5.41 Å². The molecule has 0 aliphatic carbocycles. The minimum absolute atomic E-state index is 0.119. The van der Waals surface area contributed by atoms with E-state index in [1.807, 2.05) is 20.8 Å².